The van der Waals surface area contributed by atoms with Crippen LogP contribution in [-0.2, 0) is 6.18 Å². The maximum Gasteiger partial charge on any atom is 0.435 e. The first-order valence-corrected chi connectivity index (χ1v) is 10.9. The number of rotatable bonds is 6. The van der Waals surface area contributed by atoms with Crippen molar-refractivity contribution in [3.63, 3.8) is 0 Å². The molecule has 2 heterocycles. The molecule has 1 fully saturated rings. The van der Waals surface area contributed by atoms with Crippen molar-refractivity contribution in [1.82, 2.24) is 20.0 Å². The third kappa shape index (κ3) is 5.54. The van der Waals surface area contributed by atoms with Gasteiger partial charge in [-0.2, -0.15) is 18.3 Å². The molecule has 3 aromatic rings. The van der Waals surface area contributed by atoms with Gasteiger partial charge in [0, 0.05) is 56.2 Å². The summed E-state index contributed by atoms with van der Waals surface area (Å²) >= 11 is 0. The van der Waals surface area contributed by atoms with Crippen LogP contribution in [0.3, 0.4) is 0 Å². The molecule has 1 aromatic heterocycles. The molecule has 1 N–H and O–H groups in total. The Kier molecular flexibility index (Phi) is 6.69. The van der Waals surface area contributed by atoms with E-state index in [1.807, 2.05) is 18.2 Å². The summed E-state index contributed by atoms with van der Waals surface area (Å²) in [5.74, 6) is -0.215. The van der Waals surface area contributed by atoms with Crippen molar-refractivity contribution >= 4 is 11.6 Å². The molecule has 1 aliphatic heterocycles. The monoisotopic (exact) mass is 457 g/mol. The quantitative estimate of drug-likeness (QED) is 0.611. The van der Waals surface area contributed by atoms with Crippen molar-refractivity contribution in [2.75, 3.05) is 37.6 Å². The van der Waals surface area contributed by atoms with Gasteiger partial charge in [0.1, 0.15) is 0 Å². The van der Waals surface area contributed by atoms with Crippen molar-refractivity contribution < 1.29 is 18.0 Å². The van der Waals surface area contributed by atoms with Gasteiger partial charge in [0.25, 0.3) is 5.91 Å². The molecule has 9 heteroatoms. The number of benzene rings is 2. The number of aromatic nitrogens is 2. The predicted molar refractivity (Wildman–Crippen MR) is 121 cm³/mol. The minimum atomic E-state index is -4.49. The molecule has 6 nitrogen and oxygen atoms in total. The third-order valence-corrected chi connectivity index (χ3v) is 5.89. The molecule has 1 atom stereocenters. The number of carbonyl (C=O) groups excluding carboxylic acids is 1. The van der Waals surface area contributed by atoms with E-state index < -0.39 is 11.9 Å². The van der Waals surface area contributed by atoms with Crippen LogP contribution in [-0.4, -0.2) is 59.4 Å². The second-order valence-corrected chi connectivity index (χ2v) is 8.11. The van der Waals surface area contributed by atoms with Gasteiger partial charge in [-0.3, -0.25) is 9.69 Å². The number of nitrogens with one attached hydrogen (secondary N) is 1. The first-order chi connectivity index (χ1) is 15.8. The first kappa shape index (κ1) is 22.8. The Hall–Kier alpha value is -3.33. The largest absolute Gasteiger partial charge is 0.435 e. The summed E-state index contributed by atoms with van der Waals surface area (Å²) in [6, 6.07) is 17.8. The lowest BCUT2D eigenvalue weighted by atomic mass is 10.1. The number of nitrogens with zero attached hydrogens (tertiary/aromatic N) is 4. The van der Waals surface area contributed by atoms with Gasteiger partial charge in [-0.25, -0.2) is 4.68 Å². The van der Waals surface area contributed by atoms with Gasteiger partial charge in [0.15, 0.2) is 5.69 Å². The van der Waals surface area contributed by atoms with Crippen LogP contribution in [0.15, 0.2) is 66.9 Å². The van der Waals surface area contributed by atoms with E-state index >= 15 is 0 Å². The number of hydrogen-bond acceptors (Lipinski definition) is 4. The maximum absolute atomic E-state index is 12.7. The number of anilines is 1. The van der Waals surface area contributed by atoms with Crippen molar-refractivity contribution in [2.45, 2.75) is 19.1 Å². The minimum Gasteiger partial charge on any atom is -0.369 e. The van der Waals surface area contributed by atoms with E-state index in [1.165, 1.54) is 11.9 Å². The zero-order valence-corrected chi connectivity index (χ0v) is 18.3. The second-order valence-electron chi connectivity index (χ2n) is 8.11. The normalized spacial score (nSPS) is 15.9. The zero-order chi connectivity index (χ0) is 23.4. The summed E-state index contributed by atoms with van der Waals surface area (Å²) in [6.07, 6.45) is -3.24. The molecule has 1 amide bonds. The van der Waals surface area contributed by atoms with Crippen LogP contribution >= 0.6 is 0 Å². The fourth-order valence-electron chi connectivity index (χ4n) is 3.92. The van der Waals surface area contributed by atoms with Crippen molar-refractivity contribution in [3.05, 3.63) is 78.1 Å². The Balaban J connectivity index is 1.27. The summed E-state index contributed by atoms with van der Waals surface area (Å²) in [6.45, 7) is 6.33. The zero-order valence-electron chi connectivity index (χ0n) is 18.3. The topological polar surface area (TPSA) is 53.4 Å². The average molecular weight is 458 g/mol. The summed E-state index contributed by atoms with van der Waals surface area (Å²) in [5.41, 5.74) is 1.17. The lowest BCUT2D eigenvalue weighted by Crippen LogP contribution is -2.52. The predicted octanol–water partition coefficient (Wildman–Crippen LogP) is 3.83. The minimum absolute atomic E-state index is 0.191. The summed E-state index contributed by atoms with van der Waals surface area (Å²) in [5, 5.41) is 6.50. The van der Waals surface area contributed by atoms with E-state index in [-0.39, 0.29) is 11.9 Å². The molecule has 1 unspecified atom stereocenters. The third-order valence-electron chi connectivity index (χ3n) is 5.89. The molecule has 0 aliphatic carbocycles. The molecule has 2 aromatic carbocycles. The highest BCUT2D eigenvalue weighted by Gasteiger charge is 2.33. The molecule has 33 heavy (non-hydrogen) atoms. The number of carbonyl (C=O) groups is 1. The fraction of sp³-hybridized carbons (Fsp3) is 0.333. The smallest absolute Gasteiger partial charge is 0.369 e. The second kappa shape index (κ2) is 9.66. The number of halogens is 3. The fourth-order valence-corrected chi connectivity index (χ4v) is 3.92. The van der Waals surface area contributed by atoms with Gasteiger partial charge in [-0.1, -0.05) is 18.2 Å². The van der Waals surface area contributed by atoms with Crippen molar-refractivity contribution in [2.24, 2.45) is 0 Å². The Morgan fingerprint density at radius 1 is 0.970 bits per heavy atom. The molecular formula is C24H26F3N5O. The van der Waals surface area contributed by atoms with Crippen LogP contribution in [0.25, 0.3) is 5.69 Å². The molecular weight excluding hydrogens is 431 g/mol. The molecule has 0 bridgehead atoms. The molecule has 1 saturated heterocycles. The molecule has 0 spiro atoms. The Morgan fingerprint density at radius 3 is 2.24 bits per heavy atom. The van der Waals surface area contributed by atoms with Gasteiger partial charge in [-0.15, -0.1) is 0 Å². The van der Waals surface area contributed by atoms with E-state index in [4.69, 9.17) is 0 Å². The number of piperazine rings is 1. The van der Waals surface area contributed by atoms with Gasteiger partial charge in [0.2, 0.25) is 0 Å². The van der Waals surface area contributed by atoms with Gasteiger partial charge in [-0.05, 0) is 49.4 Å². The van der Waals surface area contributed by atoms with E-state index in [0.717, 1.165) is 36.9 Å². The van der Waals surface area contributed by atoms with Crippen molar-refractivity contribution in [1.29, 1.82) is 0 Å². The highest BCUT2D eigenvalue weighted by atomic mass is 19.4. The average Bonchev–Trinajstić information content (AvgIpc) is 3.34. The van der Waals surface area contributed by atoms with E-state index in [9.17, 15) is 18.0 Å². The van der Waals surface area contributed by atoms with Crippen LogP contribution in [0.2, 0.25) is 0 Å². The number of amides is 1. The summed E-state index contributed by atoms with van der Waals surface area (Å²) in [7, 11) is 0. The van der Waals surface area contributed by atoms with E-state index in [2.05, 4.69) is 39.3 Å². The highest BCUT2D eigenvalue weighted by molar-refractivity contribution is 5.94. The lowest BCUT2D eigenvalue weighted by Gasteiger charge is -2.39. The Morgan fingerprint density at radius 2 is 1.64 bits per heavy atom. The molecule has 0 radical (unpaired) electrons. The number of para-hydroxylation sites is 1. The summed E-state index contributed by atoms with van der Waals surface area (Å²) in [4.78, 5) is 17.3. The number of alkyl halides is 3. The van der Waals surface area contributed by atoms with Crippen LogP contribution in [0.1, 0.15) is 23.0 Å². The molecule has 4 rings (SSSR count). The lowest BCUT2D eigenvalue weighted by molar-refractivity contribution is -0.141. The van der Waals surface area contributed by atoms with Crippen LogP contribution in [0.5, 0.6) is 0 Å². The SMILES string of the molecule is CC(CNC(=O)c1ccc(-n2ccc(C(F)(F)F)n2)cc1)N1CCN(c2ccccc2)CC1. The van der Waals surface area contributed by atoms with Gasteiger partial charge in [0.05, 0.1) is 5.69 Å². The standard InChI is InChI=1S/C24H26F3N5O/c1-18(30-13-15-31(16-14-30)20-5-3-2-4-6-20)17-28-23(33)19-7-9-21(10-8-19)32-12-11-22(29-32)24(25,26)27/h2-12,18H,13-17H2,1H3,(H,28,33). The van der Waals surface area contributed by atoms with Crippen molar-refractivity contribution in [3.8, 4) is 5.69 Å². The molecule has 174 valence electrons. The van der Waals surface area contributed by atoms with Gasteiger partial charge < -0.3 is 10.2 Å². The van der Waals surface area contributed by atoms with Crippen LogP contribution < -0.4 is 10.2 Å². The highest BCUT2D eigenvalue weighted by Crippen LogP contribution is 2.27. The van der Waals surface area contributed by atoms with E-state index in [0.29, 0.717) is 17.8 Å². The number of hydrogen-bond donors (Lipinski definition) is 1. The summed E-state index contributed by atoms with van der Waals surface area (Å²) < 4.78 is 39.3. The Labute approximate surface area is 190 Å². The maximum atomic E-state index is 12.7. The van der Waals surface area contributed by atoms with Gasteiger partial charge >= 0.3 is 6.18 Å². The van der Waals surface area contributed by atoms with E-state index in [1.54, 1.807) is 24.3 Å². The molecule has 1 aliphatic rings. The molecule has 0 saturated carbocycles. The van der Waals surface area contributed by atoms with Crippen LogP contribution in [0.4, 0.5) is 18.9 Å². The first-order valence-electron chi connectivity index (χ1n) is 10.9. The Bertz CT molecular complexity index is 1060. The van der Waals surface area contributed by atoms with Crippen LogP contribution in [0, 0.1) is 0 Å².